The van der Waals surface area contributed by atoms with Crippen molar-refractivity contribution in [1.29, 1.82) is 0 Å². The Labute approximate surface area is 382 Å². The maximum absolute atomic E-state index is 12.7. The number of fused-ring (bicyclic) bond motifs is 5. The van der Waals surface area contributed by atoms with Gasteiger partial charge in [-0.25, -0.2) is 0 Å². The fraction of sp³-hybridized carbons (Fsp3) is 0.957. The van der Waals surface area contributed by atoms with E-state index >= 15 is 0 Å². The lowest BCUT2D eigenvalue weighted by Gasteiger charge is -2.72. The third kappa shape index (κ3) is 8.62. The van der Waals surface area contributed by atoms with Crippen LogP contribution in [0.3, 0.4) is 0 Å². The molecule has 0 aromatic rings. The van der Waals surface area contributed by atoms with Crippen LogP contribution in [0, 0.1) is 45.3 Å². The van der Waals surface area contributed by atoms with E-state index in [2.05, 4.69) is 26.8 Å². The van der Waals surface area contributed by atoms with Crippen molar-refractivity contribution in [2.24, 2.45) is 45.3 Å². The summed E-state index contributed by atoms with van der Waals surface area (Å²) in [4.78, 5) is 0. The van der Waals surface area contributed by atoms with Gasteiger partial charge in [0.15, 0.2) is 18.9 Å². The average molecular weight is 933 g/mol. The van der Waals surface area contributed by atoms with Crippen LogP contribution in [0.2, 0.25) is 0 Å². The Hall–Kier alpha value is -0.980. The van der Waals surface area contributed by atoms with Crippen LogP contribution < -0.4 is 0 Å². The first kappa shape index (κ1) is 51.9. The van der Waals surface area contributed by atoms with Crippen LogP contribution in [0.25, 0.3) is 0 Å². The zero-order valence-corrected chi connectivity index (χ0v) is 39.3. The Balaban J connectivity index is 1.27. The second-order valence-corrected chi connectivity index (χ2v) is 22.6. The van der Waals surface area contributed by atoms with Gasteiger partial charge in [0.25, 0.3) is 0 Å². The highest BCUT2D eigenvalue weighted by Crippen LogP contribution is 2.76. The second kappa shape index (κ2) is 19.0. The number of hydrogen-bond donors (Lipinski definition) is 12. The molecular formula is C47H80O18. The highest BCUT2D eigenvalue weighted by Gasteiger charge is 2.74. The molecule has 376 valence electrons. The zero-order chi connectivity index (χ0) is 47.9. The van der Waals surface area contributed by atoms with Gasteiger partial charge < -0.3 is 89.7 Å². The van der Waals surface area contributed by atoms with Gasteiger partial charge in [-0.05, 0) is 117 Å². The topological polar surface area (TPSA) is 298 Å². The van der Waals surface area contributed by atoms with Crippen LogP contribution in [0.4, 0.5) is 0 Å². The number of aliphatic hydroxyl groups is 12. The average Bonchev–Trinajstić information content (AvgIpc) is 3.76. The molecule has 3 heterocycles. The minimum atomic E-state index is -1.72. The van der Waals surface area contributed by atoms with Gasteiger partial charge >= 0.3 is 0 Å². The standard InChI is InChI=1S/C47H80O18/c1-21(2)10-9-13-47(8,65-41-37(59)34(56)31(53)25(18-48)62-41)22-11-15-45(6)30(22)23(51)16-28-44(5)14-12-29(52)43(3,4)39(44)24(17-46(28,45)7)60-42-38(35(57)32(54)26(19-49)63-42)64-40-36(58)33(55)27(20-50)61-40/h10,22-42,48-59H,9,11-20H2,1-8H3. The molecule has 7 fully saturated rings. The summed E-state index contributed by atoms with van der Waals surface area (Å²) < 4.78 is 37.8. The minimum absolute atomic E-state index is 0.0826. The van der Waals surface area contributed by atoms with E-state index in [9.17, 15) is 61.3 Å². The molecule has 12 N–H and O–H groups in total. The number of aliphatic hydroxyl groups excluding tert-OH is 12. The molecule has 0 aromatic heterocycles. The van der Waals surface area contributed by atoms with Crippen molar-refractivity contribution in [2.75, 3.05) is 19.8 Å². The van der Waals surface area contributed by atoms with E-state index in [0.717, 1.165) is 5.57 Å². The first-order chi connectivity index (χ1) is 30.3. The number of rotatable bonds is 13. The zero-order valence-electron chi connectivity index (χ0n) is 39.3. The lowest BCUT2D eigenvalue weighted by molar-refractivity contribution is -0.367. The van der Waals surface area contributed by atoms with Crippen molar-refractivity contribution in [3.8, 4) is 0 Å². The molecule has 0 bridgehead atoms. The van der Waals surface area contributed by atoms with Gasteiger partial charge in [-0.2, -0.15) is 0 Å². The van der Waals surface area contributed by atoms with Gasteiger partial charge in [0, 0.05) is 0 Å². The summed E-state index contributed by atoms with van der Waals surface area (Å²) in [5, 5.41) is 131. The second-order valence-electron chi connectivity index (χ2n) is 22.6. The molecule has 0 aromatic carbocycles. The summed E-state index contributed by atoms with van der Waals surface area (Å²) in [6.45, 7) is 14.7. The lowest BCUT2D eigenvalue weighted by Crippen LogP contribution is -2.71. The van der Waals surface area contributed by atoms with Crippen LogP contribution in [0.1, 0.15) is 107 Å². The van der Waals surface area contributed by atoms with E-state index in [0.29, 0.717) is 51.4 Å². The largest absolute Gasteiger partial charge is 0.394 e. The quantitative estimate of drug-likeness (QED) is 0.0825. The summed E-state index contributed by atoms with van der Waals surface area (Å²) in [6.07, 6.45) is -16.7. The van der Waals surface area contributed by atoms with Crippen molar-refractivity contribution in [3.63, 3.8) is 0 Å². The molecule has 7 rings (SSSR count). The summed E-state index contributed by atoms with van der Waals surface area (Å²) in [5.74, 6) is -1.11. The predicted octanol–water partition coefficient (Wildman–Crippen LogP) is -0.417. The SMILES string of the molecule is CC(C)=CCCC(C)(OC1OC(CO)C(O)C(O)C1O)C1CCC2(C)C1C(O)CC1C3(C)CCC(O)C(C)(C)C3C(OC3OC(CO)C(O)C(O)C3OC3OC(CO)C(O)C3O)CC12C. The maximum atomic E-state index is 12.7. The lowest BCUT2D eigenvalue weighted by atomic mass is 9.34. The third-order valence-electron chi connectivity index (χ3n) is 18.4. The fourth-order valence-corrected chi connectivity index (χ4v) is 14.7. The van der Waals surface area contributed by atoms with Gasteiger partial charge in [-0.1, -0.05) is 46.3 Å². The molecule has 25 atom stereocenters. The number of allylic oxidation sites excluding steroid dienone is 2. The third-order valence-corrected chi connectivity index (χ3v) is 18.4. The van der Waals surface area contributed by atoms with E-state index in [1.807, 2.05) is 34.6 Å². The first-order valence-corrected chi connectivity index (χ1v) is 23.9. The van der Waals surface area contributed by atoms with Crippen molar-refractivity contribution in [1.82, 2.24) is 0 Å². The maximum Gasteiger partial charge on any atom is 0.187 e. The Morgan fingerprint density at radius 1 is 0.662 bits per heavy atom. The van der Waals surface area contributed by atoms with E-state index in [4.69, 9.17) is 28.4 Å². The van der Waals surface area contributed by atoms with Crippen LogP contribution in [0.15, 0.2) is 11.6 Å². The van der Waals surface area contributed by atoms with Crippen LogP contribution in [-0.2, 0) is 28.4 Å². The van der Waals surface area contributed by atoms with E-state index in [1.54, 1.807) is 0 Å². The molecule has 18 heteroatoms. The first-order valence-electron chi connectivity index (χ1n) is 23.9. The molecule has 4 saturated carbocycles. The molecule has 0 amide bonds. The number of ether oxygens (including phenoxy) is 6. The minimum Gasteiger partial charge on any atom is -0.394 e. The van der Waals surface area contributed by atoms with E-state index in [-0.39, 0.29) is 23.7 Å². The molecular weight excluding hydrogens is 852 g/mol. The van der Waals surface area contributed by atoms with Gasteiger partial charge in [0.2, 0.25) is 0 Å². The molecule has 0 spiro atoms. The van der Waals surface area contributed by atoms with Crippen molar-refractivity contribution in [3.05, 3.63) is 11.6 Å². The van der Waals surface area contributed by atoms with Crippen LogP contribution in [-0.4, -0.2) is 191 Å². The van der Waals surface area contributed by atoms with E-state index < -0.39 is 151 Å². The Bertz CT molecular complexity index is 1660. The predicted molar refractivity (Wildman–Crippen MR) is 229 cm³/mol. The van der Waals surface area contributed by atoms with Crippen LogP contribution >= 0.6 is 0 Å². The molecule has 3 saturated heterocycles. The highest BCUT2D eigenvalue weighted by molar-refractivity contribution is 5.22. The normalized spacial score (nSPS) is 52.8. The Kier molecular flexibility index (Phi) is 15.1. The van der Waals surface area contributed by atoms with Crippen molar-refractivity contribution in [2.45, 2.75) is 217 Å². The summed E-state index contributed by atoms with van der Waals surface area (Å²) in [7, 11) is 0. The molecule has 18 nitrogen and oxygen atoms in total. The molecule has 25 unspecified atom stereocenters. The molecule has 3 aliphatic heterocycles. The van der Waals surface area contributed by atoms with Crippen LogP contribution in [0.5, 0.6) is 0 Å². The summed E-state index contributed by atoms with van der Waals surface area (Å²) in [5.41, 5.74) is -2.40. The van der Waals surface area contributed by atoms with Gasteiger partial charge in [0.1, 0.15) is 67.1 Å². The van der Waals surface area contributed by atoms with Gasteiger partial charge in [0.05, 0.1) is 43.7 Å². The molecule has 65 heavy (non-hydrogen) atoms. The highest BCUT2D eigenvalue weighted by atomic mass is 16.8. The van der Waals surface area contributed by atoms with Crippen molar-refractivity contribution >= 4 is 0 Å². The number of hydrogen-bond acceptors (Lipinski definition) is 18. The smallest absolute Gasteiger partial charge is 0.187 e. The van der Waals surface area contributed by atoms with Gasteiger partial charge in [-0.3, -0.25) is 0 Å². The van der Waals surface area contributed by atoms with E-state index in [1.165, 1.54) is 0 Å². The monoisotopic (exact) mass is 933 g/mol. The van der Waals surface area contributed by atoms with Crippen molar-refractivity contribution < 1.29 is 89.7 Å². The molecule has 7 aliphatic rings. The summed E-state index contributed by atoms with van der Waals surface area (Å²) >= 11 is 0. The molecule has 0 radical (unpaired) electrons. The summed E-state index contributed by atoms with van der Waals surface area (Å²) in [6, 6.07) is 0. The van der Waals surface area contributed by atoms with Gasteiger partial charge in [-0.15, -0.1) is 0 Å². The molecule has 4 aliphatic carbocycles. The Morgan fingerprint density at radius 3 is 1.82 bits per heavy atom. The fourth-order valence-electron chi connectivity index (χ4n) is 14.7. The Morgan fingerprint density at radius 2 is 1.22 bits per heavy atom.